The van der Waals surface area contributed by atoms with Crippen LogP contribution >= 0.6 is 0 Å². The summed E-state index contributed by atoms with van der Waals surface area (Å²) < 4.78 is 12.5. The van der Waals surface area contributed by atoms with E-state index in [4.69, 9.17) is 9.47 Å². The van der Waals surface area contributed by atoms with Crippen LogP contribution in [0.5, 0.6) is 0 Å². The fraction of sp³-hybridized carbons (Fsp3) is 0.750. The molecule has 5 nitrogen and oxygen atoms in total. The molecule has 1 heterocycles. The molecule has 1 aromatic rings. The molecule has 0 fully saturated rings. The Hall–Kier alpha value is -0.910. The Morgan fingerprint density at radius 1 is 1.29 bits per heavy atom. The van der Waals surface area contributed by atoms with Gasteiger partial charge in [-0.1, -0.05) is 0 Å². The quantitative estimate of drug-likeness (QED) is 0.696. The summed E-state index contributed by atoms with van der Waals surface area (Å²) in [5.41, 5.74) is 0.990. The molecular formula is C12H22N2O3. The van der Waals surface area contributed by atoms with Crippen molar-refractivity contribution in [2.24, 2.45) is 0 Å². The molecule has 98 valence electrons. The van der Waals surface area contributed by atoms with E-state index < -0.39 is 12.4 Å². The summed E-state index contributed by atoms with van der Waals surface area (Å²) in [6.07, 6.45) is 2.96. The van der Waals surface area contributed by atoms with E-state index in [9.17, 15) is 5.11 Å². The molecule has 1 atom stereocenters. The van der Waals surface area contributed by atoms with Crippen molar-refractivity contribution in [3.05, 3.63) is 18.0 Å². The minimum absolute atomic E-state index is 0.491. The average Bonchev–Trinajstić information content (AvgIpc) is 2.76. The largest absolute Gasteiger partial charge is 0.387 e. The van der Waals surface area contributed by atoms with E-state index in [1.807, 2.05) is 31.6 Å². The smallest absolute Gasteiger partial charge is 0.183 e. The Morgan fingerprint density at radius 3 is 2.41 bits per heavy atom. The summed E-state index contributed by atoms with van der Waals surface area (Å²) >= 11 is 0. The van der Waals surface area contributed by atoms with Crippen molar-refractivity contribution >= 4 is 0 Å². The molecule has 17 heavy (non-hydrogen) atoms. The number of hydrogen-bond acceptors (Lipinski definition) is 4. The van der Waals surface area contributed by atoms with Crippen molar-refractivity contribution in [2.45, 2.75) is 46.1 Å². The van der Waals surface area contributed by atoms with Crippen LogP contribution in [0.4, 0.5) is 0 Å². The summed E-state index contributed by atoms with van der Waals surface area (Å²) in [7, 11) is 0. The Bertz CT molecular complexity index is 308. The van der Waals surface area contributed by atoms with Gasteiger partial charge in [0.05, 0.1) is 6.20 Å². The highest BCUT2D eigenvalue weighted by Gasteiger charge is 2.20. The molecule has 0 aliphatic heterocycles. The molecule has 0 spiro atoms. The Kier molecular flexibility index (Phi) is 6.18. The van der Waals surface area contributed by atoms with Gasteiger partial charge in [0.1, 0.15) is 6.10 Å². The first-order valence-electron chi connectivity index (χ1n) is 6.13. The van der Waals surface area contributed by atoms with Crippen molar-refractivity contribution in [1.82, 2.24) is 9.78 Å². The lowest BCUT2D eigenvalue weighted by Crippen LogP contribution is -2.33. The molecule has 5 heteroatoms. The van der Waals surface area contributed by atoms with Crippen LogP contribution in [-0.2, 0) is 22.4 Å². The fourth-order valence-electron chi connectivity index (χ4n) is 1.62. The van der Waals surface area contributed by atoms with Crippen LogP contribution in [0.15, 0.2) is 12.4 Å². The molecular weight excluding hydrogens is 220 g/mol. The lowest BCUT2D eigenvalue weighted by Gasteiger charge is -2.22. The van der Waals surface area contributed by atoms with Crippen molar-refractivity contribution in [3.8, 4) is 0 Å². The maximum atomic E-state index is 10.0. The number of hydrogen-bond donors (Lipinski definition) is 1. The molecule has 0 aromatic carbocycles. The molecule has 0 amide bonds. The zero-order valence-corrected chi connectivity index (χ0v) is 10.8. The lowest BCUT2D eigenvalue weighted by atomic mass is 10.1. The van der Waals surface area contributed by atoms with Gasteiger partial charge in [-0.05, 0) is 26.3 Å². The van der Waals surface area contributed by atoms with Crippen molar-refractivity contribution in [3.63, 3.8) is 0 Å². The van der Waals surface area contributed by atoms with Gasteiger partial charge in [-0.25, -0.2) is 0 Å². The SMILES string of the molecule is CCOC(OCC)C(O)Cc1cnn(CC)c1. The summed E-state index contributed by atoms with van der Waals surface area (Å²) in [4.78, 5) is 0. The van der Waals surface area contributed by atoms with Gasteiger partial charge in [0.25, 0.3) is 0 Å². The predicted octanol–water partition coefficient (Wildman–Crippen LogP) is 1.21. The average molecular weight is 242 g/mol. The summed E-state index contributed by atoms with van der Waals surface area (Å²) in [6.45, 7) is 7.67. The van der Waals surface area contributed by atoms with E-state index >= 15 is 0 Å². The van der Waals surface area contributed by atoms with Crippen LogP contribution in [0.2, 0.25) is 0 Å². The summed E-state index contributed by atoms with van der Waals surface area (Å²) in [5, 5.41) is 14.2. The molecule has 0 saturated carbocycles. The van der Waals surface area contributed by atoms with Crippen LogP contribution < -0.4 is 0 Å². The Morgan fingerprint density at radius 2 is 1.94 bits per heavy atom. The lowest BCUT2D eigenvalue weighted by molar-refractivity contribution is -0.188. The van der Waals surface area contributed by atoms with Crippen LogP contribution in [0.1, 0.15) is 26.3 Å². The van der Waals surface area contributed by atoms with E-state index in [1.165, 1.54) is 0 Å². The molecule has 1 rings (SSSR count). The summed E-state index contributed by atoms with van der Waals surface area (Å²) in [6, 6.07) is 0. The number of ether oxygens (including phenoxy) is 2. The maximum Gasteiger partial charge on any atom is 0.183 e. The fourth-order valence-corrected chi connectivity index (χ4v) is 1.62. The van der Waals surface area contributed by atoms with Crippen molar-refractivity contribution in [1.29, 1.82) is 0 Å². The third kappa shape index (κ3) is 4.46. The second-order valence-corrected chi connectivity index (χ2v) is 3.75. The standard InChI is InChI=1S/C12H22N2O3/c1-4-14-9-10(8-13-14)7-11(15)12(16-5-2)17-6-3/h8-9,11-12,15H,4-7H2,1-3H3. The van der Waals surface area contributed by atoms with Gasteiger partial charge in [-0.15, -0.1) is 0 Å². The topological polar surface area (TPSA) is 56.5 Å². The number of aromatic nitrogens is 2. The maximum absolute atomic E-state index is 10.0. The molecule has 0 aliphatic rings. The van der Waals surface area contributed by atoms with Gasteiger partial charge in [-0.3, -0.25) is 4.68 Å². The van der Waals surface area contributed by atoms with Crippen LogP contribution in [0, 0.1) is 0 Å². The molecule has 0 aliphatic carbocycles. The zero-order chi connectivity index (χ0) is 12.7. The highest BCUT2D eigenvalue weighted by atomic mass is 16.7. The predicted molar refractivity (Wildman–Crippen MR) is 64.7 cm³/mol. The molecule has 1 aromatic heterocycles. The number of aliphatic hydroxyl groups excluding tert-OH is 1. The van der Waals surface area contributed by atoms with Crippen molar-refractivity contribution < 1.29 is 14.6 Å². The van der Waals surface area contributed by atoms with Crippen molar-refractivity contribution in [2.75, 3.05) is 13.2 Å². The molecule has 0 radical (unpaired) electrons. The molecule has 1 unspecified atom stereocenters. The van der Waals surface area contributed by atoms with Gasteiger partial charge in [-0.2, -0.15) is 5.10 Å². The minimum Gasteiger partial charge on any atom is -0.387 e. The van der Waals surface area contributed by atoms with E-state index in [1.54, 1.807) is 6.20 Å². The summed E-state index contributed by atoms with van der Waals surface area (Å²) in [5.74, 6) is 0. The second kappa shape index (κ2) is 7.42. The van der Waals surface area contributed by atoms with Gasteiger partial charge < -0.3 is 14.6 Å². The normalized spacial score (nSPS) is 13.2. The number of rotatable bonds is 8. The highest BCUT2D eigenvalue weighted by molar-refractivity contribution is 5.05. The van der Waals surface area contributed by atoms with Gasteiger partial charge >= 0.3 is 0 Å². The van der Waals surface area contributed by atoms with Gasteiger partial charge in [0.15, 0.2) is 6.29 Å². The monoisotopic (exact) mass is 242 g/mol. The van der Waals surface area contributed by atoms with E-state index in [2.05, 4.69) is 5.10 Å². The van der Waals surface area contributed by atoms with E-state index in [0.29, 0.717) is 19.6 Å². The third-order valence-electron chi connectivity index (χ3n) is 2.43. The first-order chi connectivity index (χ1) is 8.21. The van der Waals surface area contributed by atoms with E-state index in [0.717, 1.165) is 12.1 Å². The Balaban J connectivity index is 2.52. The van der Waals surface area contributed by atoms with Crippen LogP contribution in [0.3, 0.4) is 0 Å². The van der Waals surface area contributed by atoms with Crippen LogP contribution in [0.25, 0.3) is 0 Å². The molecule has 0 saturated heterocycles. The first-order valence-corrected chi connectivity index (χ1v) is 6.13. The van der Waals surface area contributed by atoms with Gasteiger partial charge in [0, 0.05) is 32.4 Å². The minimum atomic E-state index is -0.663. The first kappa shape index (κ1) is 14.2. The van der Waals surface area contributed by atoms with Gasteiger partial charge in [0.2, 0.25) is 0 Å². The van der Waals surface area contributed by atoms with Crippen LogP contribution in [-0.4, -0.2) is 40.5 Å². The number of aliphatic hydroxyl groups is 1. The highest BCUT2D eigenvalue weighted by Crippen LogP contribution is 2.09. The molecule has 0 bridgehead atoms. The molecule has 1 N–H and O–H groups in total. The number of aryl methyl sites for hydroxylation is 1. The Labute approximate surface area is 102 Å². The van der Waals surface area contributed by atoms with E-state index in [-0.39, 0.29) is 0 Å². The number of nitrogens with zero attached hydrogens (tertiary/aromatic N) is 2. The third-order valence-corrected chi connectivity index (χ3v) is 2.43. The zero-order valence-electron chi connectivity index (χ0n) is 10.8. The second-order valence-electron chi connectivity index (χ2n) is 3.75.